The van der Waals surface area contributed by atoms with Crippen molar-refractivity contribution in [1.82, 2.24) is 5.32 Å². The summed E-state index contributed by atoms with van der Waals surface area (Å²) < 4.78 is 13.3. The molecule has 1 amide bonds. The van der Waals surface area contributed by atoms with Crippen LogP contribution in [0.4, 0.5) is 10.1 Å². The largest absolute Gasteiger partial charge is 0.475 e. The zero-order chi connectivity index (χ0) is 24.0. The molecule has 1 aliphatic rings. The van der Waals surface area contributed by atoms with Gasteiger partial charge in [-0.2, -0.15) is 0 Å². The molecule has 33 heavy (non-hydrogen) atoms. The molecule has 1 heterocycles. The first-order valence-electron chi connectivity index (χ1n) is 11.5. The van der Waals surface area contributed by atoms with E-state index >= 15 is 0 Å². The molecule has 0 aliphatic carbocycles. The van der Waals surface area contributed by atoms with Gasteiger partial charge in [-0.25, -0.2) is 4.39 Å². The first kappa shape index (κ1) is 24.9. The molecule has 0 spiro atoms. The van der Waals surface area contributed by atoms with Gasteiger partial charge in [-0.1, -0.05) is 44.2 Å². The number of carbonyl (C=O) groups is 2. The number of benzene rings is 2. The van der Waals surface area contributed by atoms with Gasteiger partial charge >= 0.3 is 7.12 Å². The van der Waals surface area contributed by atoms with Crippen LogP contribution >= 0.6 is 0 Å². The van der Waals surface area contributed by atoms with Gasteiger partial charge in [-0.3, -0.25) is 9.59 Å². The smallest absolute Gasteiger partial charge is 0.426 e. The summed E-state index contributed by atoms with van der Waals surface area (Å²) in [5.74, 6) is -2.02. The summed E-state index contributed by atoms with van der Waals surface area (Å²) in [4.78, 5) is 28.3. The lowest BCUT2D eigenvalue weighted by molar-refractivity contribution is -0.130. The summed E-state index contributed by atoms with van der Waals surface area (Å²) in [5.41, 5.74) is 1.71. The molecule has 3 atom stereocenters. The molecule has 0 radical (unpaired) electrons. The average molecular weight is 454 g/mol. The monoisotopic (exact) mass is 454 g/mol. The van der Waals surface area contributed by atoms with Crippen molar-refractivity contribution < 1.29 is 24.0 Å². The highest BCUT2D eigenvalue weighted by Gasteiger charge is 2.37. The molecule has 176 valence electrons. The number of amides is 1. The molecule has 8 heteroatoms. The summed E-state index contributed by atoms with van der Waals surface area (Å²) in [6, 6.07) is 15.2. The number of hydrogen-bond donors (Lipinski definition) is 3. The predicted molar refractivity (Wildman–Crippen MR) is 127 cm³/mol. The van der Waals surface area contributed by atoms with Crippen LogP contribution in [-0.4, -0.2) is 47.4 Å². The standard InChI is InChI=1S/C25H32BFN2O4/c1-17(2)14-24(26(32)33)28-25(31)19(15-18-6-4-3-5-7-18)16-23(30)22-12-13-29(22)21-10-8-20(27)9-11-21/h3-11,17,19,22,24,32-33H,12-16H2,1-2H3,(H,28,31). The Balaban J connectivity index is 1.72. The fourth-order valence-corrected chi connectivity index (χ4v) is 4.26. The average Bonchev–Trinajstić information content (AvgIpc) is 2.74. The van der Waals surface area contributed by atoms with E-state index in [1.807, 2.05) is 49.1 Å². The Morgan fingerprint density at radius 2 is 1.79 bits per heavy atom. The molecule has 3 unspecified atom stereocenters. The molecule has 1 fully saturated rings. The molecule has 1 saturated heterocycles. The van der Waals surface area contributed by atoms with Gasteiger partial charge in [-0.15, -0.1) is 0 Å². The lowest BCUT2D eigenvalue weighted by Crippen LogP contribution is -2.54. The Morgan fingerprint density at radius 3 is 2.33 bits per heavy atom. The molecule has 2 aromatic rings. The van der Waals surface area contributed by atoms with Gasteiger partial charge in [0.1, 0.15) is 5.82 Å². The van der Waals surface area contributed by atoms with Gasteiger partial charge in [0.15, 0.2) is 5.78 Å². The second kappa shape index (κ2) is 11.4. The van der Waals surface area contributed by atoms with Gasteiger partial charge < -0.3 is 20.3 Å². The maximum atomic E-state index is 13.3. The van der Waals surface area contributed by atoms with Crippen LogP contribution in [0.25, 0.3) is 0 Å². The fourth-order valence-electron chi connectivity index (χ4n) is 4.26. The Hall–Kier alpha value is -2.71. The Labute approximate surface area is 195 Å². The van der Waals surface area contributed by atoms with Gasteiger partial charge in [0.2, 0.25) is 5.91 Å². The van der Waals surface area contributed by atoms with Crippen LogP contribution in [0.3, 0.4) is 0 Å². The normalized spacial score (nSPS) is 17.3. The zero-order valence-corrected chi connectivity index (χ0v) is 19.2. The van der Waals surface area contributed by atoms with E-state index in [1.54, 1.807) is 12.1 Å². The fraction of sp³-hybridized carbons (Fsp3) is 0.440. The molecule has 0 aromatic heterocycles. The van der Waals surface area contributed by atoms with Crippen molar-refractivity contribution in [1.29, 1.82) is 0 Å². The third-order valence-electron chi connectivity index (χ3n) is 6.11. The topological polar surface area (TPSA) is 89.9 Å². The van der Waals surface area contributed by atoms with Crippen molar-refractivity contribution >= 4 is 24.5 Å². The van der Waals surface area contributed by atoms with E-state index in [-0.39, 0.29) is 35.9 Å². The minimum atomic E-state index is -1.68. The highest BCUT2D eigenvalue weighted by Crippen LogP contribution is 2.29. The number of Topliss-reactive ketones (excluding diaryl/α,β-unsaturated/α-hetero) is 1. The summed E-state index contributed by atoms with van der Waals surface area (Å²) in [6.45, 7) is 4.57. The third-order valence-corrected chi connectivity index (χ3v) is 6.11. The van der Waals surface area contributed by atoms with Crippen molar-refractivity contribution in [3.8, 4) is 0 Å². The lowest BCUT2D eigenvalue weighted by Gasteiger charge is -2.42. The highest BCUT2D eigenvalue weighted by atomic mass is 19.1. The van der Waals surface area contributed by atoms with Gasteiger partial charge in [0.05, 0.1) is 12.0 Å². The highest BCUT2D eigenvalue weighted by molar-refractivity contribution is 6.43. The second-order valence-electron chi connectivity index (χ2n) is 9.19. The number of halogens is 1. The molecule has 1 aliphatic heterocycles. The van der Waals surface area contributed by atoms with Crippen LogP contribution < -0.4 is 10.2 Å². The van der Waals surface area contributed by atoms with Crippen LogP contribution in [-0.2, 0) is 16.0 Å². The molecular formula is C25H32BFN2O4. The summed E-state index contributed by atoms with van der Waals surface area (Å²) in [7, 11) is -1.68. The van der Waals surface area contributed by atoms with E-state index in [0.717, 1.165) is 11.3 Å². The number of ketones is 1. The van der Waals surface area contributed by atoms with Crippen LogP contribution in [0.1, 0.15) is 38.7 Å². The van der Waals surface area contributed by atoms with Crippen molar-refractivity contribution in [3.63, 3.8) is 0 Å². The van der Waals surface area contributed by atoms with E-state index in [2.05, 4.69) is 5.32 Å². The van der Waals surface area contributed by atoms with E-state index in [0.29, 0.717) is 25.8 Å². The van der Waals surface area contributed by atoms with Crippen molar-refractivity contribution in [3.05, 3.63) is 66.0 Å². The summed E-state index contributed by atoms with van der Waals surface area (Å²) >= 11 is 0. The Morgan fingerprint density at radius 1 is 1.12 bits per heavy atom. The number of anilines is 1. The lowest BCUT2D eigenvalue weighted by atomic mass is 9.74. The number of rotatable bonds is 11. The SMILES string of the molecule is CC(C)CC(NC(=O)C(CC(=O)C1CCN1c1ccc(F)cc1)Cc1ccccc1)B(O)O. The number of nitrogens with one attached hydrogen (secondary N) is 1. The minimum absolute atomic E-state index is 0.0407. The van der Waals surface area contributed by atoms with Crippen LogP contribution in [0.5, 0.6) is 0 Å². The predicted octanol–water partition coefficient (Wildman–Crippen LogP) is 2.77. The first-order valence-corrected chi connectivity index (χ1v) is 11.5. The van der Waals surface area contributed by atoms with Crippen molar-refractivity contribution in [2.45, 2.75) is 51.5 Å². The van der Waals surface area contributed by atoms with Gasteiger partial charge in [0, 0.05) is 24.6 Å². The second-order valence-corrected chi connectivity index (χ2v) is 9.19. The van der Waals surface area contributed by atoms with E-state index < -0.39 is 19.0 Å². The summed E-state index contributed by atoms with van der Waals surface area (Å²) in [6.07, 6.45) is 1.51. The van der Waals surface area contributed by atoms with Crippen molar-refractivity contribution in [2.24, 2.45) is 11.8 Å². The molecule has 0 saturated carbocycles. The van der Waals surface area contributed by atoms with E-state index in [4.69, 9.17) is 0 Å². The molecule has 0 bridgehead atoms. The van der Waals surface area contributed by atoms with E-state index in [9.17, 15) is 24.0 Å². The van der Waals surface area contributed by atoms with E-state index in [1.165, 1.54) is 12.1 Å². The van der Waals surface area contributed by atoms with Crippen LogP contribution in [0, 0.1) is 17.7 Å². The Bertz CT molecular complexity index is 924. The maximum absolute atomic E-state index is 13.3. The summed E-state index contributed by atoms with van der Waals surface area (Å²) in [5, 5.41) is 22.2. The van der Waals surface area contributed by atoms with Gasteiger partial charge in [-0.05, 0) is 55.0 Å². The molecule has 3 N–H and O–H groups in total. The number of hydrogen-bond acceptors (Lipinski definition) is 5. The molecule has 2 aromatic carbocycles. The third kappa shape index (κ3) is 6.89. The van der Waals surface area contributed by atoms with Crippen molar-refractivity contribution in [2.75, 3.05) is 11.4 Å². The Kier molecular flexibility index (Phi) is 8.64. The molecule has 3 rings (SSSR count). The zero-order valence-electron chi connectivity index (χ0n) is 19.2. The van der Waals surface area contributed by atoms with Gasteiger partial charge in [0.25, 0.3) is 0 Å². The number of nitrogens with zero attached hydrogens (tertiary/aromatic N) is 1. The molecular weight excluding hydrogens is 422 g/mol. The van der Waals surface area contributed by atoms with Crippen LogP contribution in [0.15, 0.2) is 54.6 Å². The quantitative estimate of drug-likeness (QED) is 0.455. The maximum Gasteiger partial charge on any atom is 0.475 e. The number of carbonyl (C=O) groups excluding carboxylic acids is 2. The first-order chi connectivity index (χ1) is 15.7. The van der Waals surface area contributed by atoms with Crippen LogP contribution in [0.2, 0.25) is 0 Å². The molecule has 6 nitrogen and oxygen atoms in total. The minimum Gasteiger partial charge on any atom is -0.426 e.